The molecule has 0 saturated carbocycles. The van der Waals surface area contributed by atoms with E-state index >= 15 is 0 Å². The van der Waals surface area contributed by atoms with E-state index in [2.05, 4.69) is 24.0 Å². The van der Waals surface area contributed by atoms with Gasteiger partial charge in [0.25, 0.3) is 0 Å². The van der Waals surface area contributed by atoms with Crippen LogP contribution in [0.2, 0.25) is 0 Å². The molecule has 13 heavy (non-hydrogen) atoms. The Bertz CT molecular complexity index is 256. The van der Waals surface area contributed by atoms with Crippen molar-refractivity contribution < 1.29 is 9.63 Å². The topological polar surface area (TPSA) is 59.2 Å². The van der Waals surface area contributed by atoms with Crippen molar-refractivity contribution in [3.8, 4) is 0 Å². The molecule has 1 aromatic rings. The van der Waals surface area contributed by atoms with E-state index in [0.29, 0.717) is 17.6 Å². The molecule has 0 fully saturated rings. The Morgan fingerprint density at radius 2 is 2.08 bits per heavy atom. The second-order valence-electron chi connectivity index (χ2n) is 3.65. The average molecular weight is 184 g/mol. The maximum absolute atomic E-state index is 9.13. The number of nitrogens with zero attached hydrogens (tertiary/aromatic N) is 2. The van der Waals surface area contributed by atoms with Crippen LogP contribution in [0.3, 0.4) is 0 Å². The third-order valence-corrected chi connectivity index (χ3v) is 1.79. The number of aliphatic hydroxyl groups is 1. The van der Waals surface area contributed by atoms with Crippen molar-refractivity contribution >= 4 is 0 Å². The lowest BCUT2D eigenvalue weighted by molar-refractivity contribution is 0.184. The molecule has 0 saturated heterocycles. The van der Waals surface area contributed by atoms with Crippen molar-refractivity contribution in [2.24, 2.45) is 5.92 Å². The molecule has 1 unspecified atom stereocenters. The van der Waals surface area contributed by atoms with E-state index in [-0.39, 0.29) is 0 Å². The zero-order valence-electron chi connectivity index (χ0n) is 8.32. The fourth-order valence-corrected chi connectivity index (χ4v) is 0.951. The molecule has 4 heteroatoms. The molecule has 0 bridgehead atoms. The van der Waals surface area contributed by atoms with Crippen LogP contribution in [0.1, 0.15) is 45.0 Å². The third-order valence-electron chi connectivity index (χ3n) is 1.79. The van der Waals surface area contributed by atoms with Gasteiger partial charge in [-0.3, -0.25) is 0 Å². The summed E-state index contributed by atoms with van der Waals surface area (Å²) in [6, 6.07) is 0. The van der Waals surface area contributed by atoms with E-state index in [9.17, 15) is 0 Å². The standard InChI is InChI=1S/C9H16N2O2/c1-6(2)4-5-8-10-9(7(3)12)11-13-8/h6-7,12H,4-5H2,1-3H3. The highest BCUT2D eigenvalue weighted by Crippen LogP contribution is 2.10. The molecule has 0 aliphatic carbocycles. The van der Waals surface area contributed by atoms with Gasteiger partial charge in [0.1, 0.15) is 6.10 Å². The summed E-state index contributed by atoms with van der Waals surface area (Å²) in [7, 11) is 0. The van der Waals surface area contributed by atoms with Crippen LogP contribution in [0, 0.1) is 5.92 Å². The predicted molar refractivity (Wildman–Crippen MR) is 48.1 cm³/mol. The van der Waals surface area contributed by atoms with Crippen LogP contribution in [-0.4, -0.2) is 15.2 Å². The second kappa shape index (κ2) is 4.37. The summed E-state index contributed by atoms with van der Waals surface area (Å²) in [6.07, 6.45) is 1.18. The Labute approximate surface area is 78.0 Å². The summed E-state index contributed by atoms with van der Waals surface area (Å²) in [4.78, 5) is 4.05. The Morgan fingerprint density at radius 3 is 2.54 bits per heavy atom. The van der Waals surface area contributed by atoms with Crippen LogP contribution in [0.15, 0.2) is 4.52 Å². The van der Waals surface area contributed by atoms with Crippen molar-refractivity contribution in [3.63, 3.8) is 0 Å². The molecule has 1 N–H and O–H groups in total. The molecule has 1 atom stereocenters. The minimum atomic E-state index is -0.642. The first-order chi connectivity index (χ1) is 6.09. The summed E-state index contributed by atoms with van der Waals surface area (Å²) in [5.41, 5.74) is 0. The predicted octanol–water partition coefficient (Wildman–Crippen LogP) is 1.71. The Kier molecular flexibility index (Phi) is 3.42. The van der Waals surface area contributed by atoms with Crippen LogP contribution in [0.4, 0.5) is 0 Å². The van der Waals surface area contributed by atoms with Crippen molar-refractivity contribution in [1.82, 2.24) is 10.1 Å². The molecular weight excluding hydrogens is 168 g/mol. The zero-order valence-corrected chi connectivity index (χ0v) is 8.32. The van der Waals surface area contributed by atoms with Gasteiger partial charge in [-0.1, -0.05) is 19.0 Å². The highest BCUT2D eigenvalue weighted by molar-refractivity contribution is 4.89. The molecule has 4 nitrogen and oxygen atoms in total. The van der Waals surface area contributed by atoms with Gasteiger partial charge in [-0.05, 0) is 19.3 Å². The van der Waals surface area contributed by atoms with E-state index < -0.39 is 6.10 Å². The van der Waals surface area contributed by atoms with Gasteiger partial charge < -0.3 is 9.63 Å². The van der Waals surface area contributed by atoms with E-state index in [0.717, 1.165) is 12.8 Å². The van der Waals surface area contributed by atoms with Gasteiger partial charge in [-0.2, -0.15) is 4.98 Å². The SMILES string of the molecule is CC(C)CCc1nc(C(C)O)no1. The van der Waals surface area contributed by atoms with E-state index in [1.165, 1.54) is 0 Å². The first-order valence-corrected chi connectivity index (χ1v) is 4.60. The van der Waals surface area contributed by atoms with Crippen LogP contribution >= 0.6 is 0 Å². The lowest BCUT2D eigenvalue weighted by Crippen LogP contribution is -1.95. The molecule has 0 amide bonds. The van der Waals surface area contributed by atoms with Crippen molar-refractivity contribution in [2.75, 3.05) is 0 Å². The molecule has 0 spiro atoms. The number of hydrogen-bond acceptors (Lipinski definition) is 4. The monoisotopic (exact) mass is 184 g/mol. The van der Waals surface area contributed by atoms with Crippen molar-refractivity contribution in [3.05, 3.63) is 11.7 Å². The number of aryl methyl sites for hydroxylation is 1. The maximum Gasteiger partial charge on any atom is 0.226 e. The lowest BCUT2D eigenvalue weighted by atomic mass is 10.1. The molecule has 1 aromatic heterocycles. The highest BCUT2D eigenvalue weighted by atomic mass is 16.5. The average Bonchev–Trinajstić information content (AvgIpc) is 2.48. The fourth-order valence-electron chi connectivity index (χ4n) is 0.951. The molecule has 0 aliphatic rings. The molecule has 0 radical (unpaired) electrons. The highest BCUT2D eigenvalue weighted by Gasteiger charge is 2.10. The van der Waals surface area contributed by atoms with Crippen LogP contribution < -0.4 is 0 Å². The first kappa shape index (κ1) is 10.2. The summed E-state index contributed by atoms with van der Waals surface area (Å²) in [5, 5.41) is 12.8. The van der Waals surface area contributed by atoms with Gasteiger partial charge in [-0.25, -0.2) is 0 Å². The molecule has 1 rings (SSSR count). The van der Waals surface area contributed by atoms with Gasteiger partial charge in [0.2, 0.25) is 5.89 Å². The zero-order chi connectivity index (χ0) is 9.84. The van der Waals surface area contributed by atoms with E-state index in [1.807, 2.05) is 0 Å². The quantitative estimate of drug-likeness (QED) is 0.773. The van der Waals surface area contributed by atoms with Crippen LogP contribution in [-0.2, 0) is 6.42 Å². The largest absolute Gasteiger partial charge is 0.385 e. The molecular formula is C9H16N2O2. The Morgan fingerprint density at radius 1 is 1.38 bits per heavy atom. The third kappa shape index (κ3) is 3.14. The molecule has 0 aromatic carbocycles. The number of aliphatic hydroxyl groups excluding tert-OH is 1. The van der Waals surface area contributed by atoms with Gasteiger partial charge in [0.15, 0.2) is 5.82 Å². The summed E-state index contributed by atoms with van der Waals surface area (Å²) < 4.78 is 4.96. The first-order valence-electron chi connectivity index (χ1n) is 4.60. The van der Waals surface area contributed by atoms with Gasteiger partial charge in [0.05, 0.1) is 0 Å². The molecule has 1 heterocycles. The summed E-state index contributed by atoms with van der Waals surface area (Å²) >= 11 is 0. The van der Waals surface area contributed by atoms with Crippen LogP contribution in [0.5, 0.6) is 0 Å². The van der Waals surface area contributed by atoms with Gasteiger partial charge >= 0.3 is 0 Å². The molecule has 0 aliphatic heterocycles. The smallest absolute Gasteiger partial charge is 0.226 e. The Balaban J connectivity index is 2.49. The Hall–Kier alpha value is -0.900. The van der Waals surface area contributed by atoms with Gasteiger partial charge in [-0.15, -0.1) is 0 Å². The molecule has 74 valence electrons. The summed E-state index contributed by atoms with van der Waals surface area (Å²) in [6.45, 7) is 5.91. The maximum atomic E-state index is 9.13. The minimum Gasteiger partial charge on any atom is -0.385 e. The minimum absolute atomic E-state index is 0.374. The van der Waals surface area contributed by atoms with E-state index in [1.54, 1.807) is 6.92 Å². The van der Waals surface area contributed by atoms with Crippen molar-refractivity contribution in [2.45, 2.75) is 39.7 Å². The van der Waals surface area contributed by atoms with Crippen LogP contribution in [0.25, 0.3) is 0 Å². The number of hydrogen-bond donors (Lipinski definition) is 1. The van der Waals surface area contributed by atoms with E-state index in [4.69, 9.17) is 9.63 Å². The number of rotatable bonds is 4. The van der Waals surface area contributed by atoms with Gasteiger partial charge in [0, 0.05) is 6.42 Å². The lowest BCUT2D eigenvalue weighted by Gasteiger charge is -1.98. The van der Waals surface area contributed by atoms with Crippen molar-refractivity contribution in [1.29, 1.82) is 0 Å². The normalized spacial score (nSPS) is 13.6. The summed E-state index contributed by atoms with van der Waals surface area (Å²) in [5.74, 6) is 1.62. The second-order valence-corrected chi connectivity index (χ2v) is 3.65. The fraction of sp³-hybridized carbons (Fsp3) is 0.778. The number of aromatic nitrogens is 2.